The molecule has 6 rings (SSSR count). The summed E-state index contributed by atoms with van der Waals surface area (Å²) in [5.41, 5.74) is 0.365. The topological polar surface area (TPSA) is 69.7 Å². The first-order valence-electron chi connectivity index (χ1n) is 10.1. The third-order valence-electron chi connectivity index (χ3n) is 7.06. The van der Waals surface area contributed by atoms with Gasteiger partial charge < -0.3 is 5.32 Å². The molecule has 0 bridgehead atoms. The van der Waals surface area contributed by atoms with Gasteiger partial charge in [-0.2, -0.15) is 0 Å². The van der Waals surface area contributed by atoms with E-state index in [9.17, 15) is 14.4 Å². The first-order chi connectivity index (χ1) is 14.8. The number of fused-ring (bicyclic) bond motifs is 7. The molecule has 31 heavy (non-hydrogen) atoms. The van der Waals surface area contributed by atoms with Crippen molar-refractivity contribution in [2.45, 2.75) is 24.4 Å². The van der Waals surface area contributed by atoms with E-state index >= 15 is 0 Å². The van der Waals surface area contributed by atoms with Crippen molar-refractivity contribution in [2.24, 2.45) is 11.8 Å². The van der Waals surface area contributed by atoms with Gasteiger partial charge in [-0.1, -0.05) is 34.8 Å². The maximum atomic E-state index is 13.8. The van der Waals surface area contributed by atoms with Crippen LogP contribution in [0.15, 0.2) is 36.4 Å². The van der Waals surface area contributed by atoms with Crippen molar-refractivity contribution >= 4 is 63.9 Å². The van der Waals surface area contributed by atoms with Crippen LogP contribution >= 0.6 is 34.8 Å². The number of nitrogens with zero attached hydrogens (tertiary/aromatic N) is 2. The van der Waals surface area contributed by atoms with E-state index in [2.05, 4.69) is 10.2 Å². The predicted octanol–water partition coefficient (Wildman–Crippen LogP) is 4.08. The smallest absolute Gasteiger partial charge is 0.250 e. The van der Waals surface area contributed by atoms with Gasteiger partial charge in [0, 0.05) is 32.4 Å². The molecule has 2 aromatic carbocycles. The highest BCUT2D eigenvalue weighted by Gasteiger charge is 2.74. The summed E-state index contributed by atoms with van der Waals surface area (Å²) in [4.78, 5) is 44.2. The van der Waals surface area contributed by atoms with E-state index in [0.717, 1.165) is 17.7 Å². The molecule has 0 radical (unpaired) electrons. The van der Waals surface area contributed by atoms with Crippen LogP contribution in [0.25, 0.3) is 0 Å². The maximum Gasteiger partial charge on any atom is 0.250 e. The highest BCUT2D eigenvalue weighted by Crippen LogP contribution is 2.61. The lowest BCUT2D eigenvalue weighted by Crippen LogP contribution is -2.54. The summed E-state index contributed by atoms with van der Waals surface area (Å²) in [6, 6.07) is 9.63. The molecule has 3 fully saturated rings. The van der Waals surface area contributed by atoms with E-state index in [1.54, 1.807) is 36.4 Å². The number of anilines is 2. The van der Waals surface area contributed by atoms with Crippen molar-refractivity contribution in [1.82, 2.24) is 4.90 Å². The summed E-state index contributed by atoms with van der Waals surface area (Å²) in [5, 5.41) is 4.06. The van der Waals surface area contributed by atoms with Crippen molar-refractivity contribution in [3.8, 4) is 0 Å². The van der Waals surface area contributed by atoms with Gasteiger partial charge in [-0.3, -0.25) is 19.3 Å². The SMILES string of the molecule is O=C1[C@@H]2[C@H]3CCCN3[C@]3(C(=O)Nc4ccc(Cl)cc43)[C@H]2C(=O)N1c1cc(Cl)cc(Cl)c1. The Kier molecular flexibility index (Phi) is 4.07. The number of carbonyl (C=O) groups is 3. The van der Waals surface area contributed by atoms with Crippen LogP contribution in [0.2, 0.25) is 15.1 Å². The zero-order valence-corrected chi connectivity index (χ0v) is 18.3. The van der Waals surface area contributed by atoms with Gasteiger partial charge in [0.2, 0.25) is 17.7 Å². The predicted molar refractivity (Wildman–Crippen MR) is 117 cm³/mol. The standard InChI is InChI=1S/C22H16Cl3N3O3/c23-10-3-4-15-14(9-10)22(21(31)26-15)18-17(16-2-1-5-27(16)22)19(29)28(20(18)30)13-7-11(24)6-12(25)8-13/h3-4,6-9,16-18H,1-2,5H2,(H,26,31)/t16-,17-,18-,22+/m1/s1. The lowest BCUT2D eigenvalue weighted by molar-refractivity contribution is -0.135. The number of rotatable bonds is 1. The Balaban J connectivity index is 1.57. The molecule has 4 aliphatic heterocycles. The lowest BCUT2D eigenvalue weighted by Gasteiger charge is -2.36. The molecule has 1 N–H and O–H groups in total. The van der Waals surface area contributed by atoms with Crippen LogP contribution < -0.4 is 10.2 Å². The molecule has 9 heteroatoms. The molecule has 4 atom stereocenters. The minimum absolute atomic E-state index is 0.197. The molecular formula is C22H16Cl3N3O3. The van der Waals surface area contributed by atoms with E-state index in [0.29, 0.717) is 38.6 Å². The molecule has 158 valence electrons. The van der Waals surface area contributed by atoms with Crippen LogP contribution in [0.5, 0.6) is 0 Å². The normalized spacial score (nSPS) is 31.4. The minimum Gasteiger partial charge on any atom is -0.324 e. The Morgan fingerprint density at radius 3 is 2.42 bits per heavy atom. The summed E-state index contributed by atoms with van der Waals surface area (Å²) in [5.74, 6) is -2.47. The number of imide groups is 1. The third-order valence-corrected chi connectivity index (χ3v) is 7.73. The van der Waals surface area contributed by atoms with E-state index in [1.807, 2.05) is 0 Å². The molecule has 0 unspecified atom stereocenters. The number of benzene rings is 2. The quantitative estimate of drug-likeness (QED) is 0.630. The summed E-state index contributed by atoms with van der Waals surface area (Å²) >= 11 is 18.6. The fourth-order valence-corrected chi connectivity index (χ4v) is 6.78. The van der Waals surface area contributed by atoms with Crippen molar-refractivity contribution < 1.29 is 14.4 Å². The lowest BCUT2D eigenvalue weighted by atomic mass is 9.75. The molecule has 3 amide bonds. The summed E-state index contributed by atoms with van der Waals surface area (Å²) < 4.78 is 0. The largest absolute Gasteiger partial charge is 0.324 e. The Bertz CT molecular complexity index is 1180. The van der Waals surface area contributed by atoms with Gasteiger partial charge in [0.15, 0.2) is 0 Å². The highest BCUT2D eigenvalue weighted by molar-refractivity contribution is 6.36. The van der Waals surface area contributed by atoms with E-state index in [4.69, 9.17) is 34.8 Å². The van der Waals surface area contributed by atoms with Crippen LogP contribution in [0.4, 0.5) is 11.4 Å². The second kappa shape index (κ2) is 6.45. The van der Waals surface area contributed by atoms with E-state index in [1.165, 1.54) is 0 Å². The van der Waals surface area contributed by atoms with Crippen LogP contribution in [0, 0.1) is 11.8 Å². The first-order valence-corrected chi connectivity index (χ1v) is 11.2. The van der Waals surface area contributed by atoms with Crippen molar-refractivity contribution in [3.05, 3.63) is 57.0 Å². The monoisotopic (exact) mass is 475 g/mol. The van der Waals surface area contributed by atoms with E-state index < -0.39 is 23.3 Å². The average Bonchev–Trinajstić information content (AvgIpc) is 3.39. The van der Waals surface area contributed by atoms with Gasteiger partial charge in [-0.25, -0.2) is 4.90 Å². The first kappa shape index (κ1) is 19.6. The second-order valence-corrected chi connectivity index (χ2v) is 9.77. The Labute approximate surface area is 193 Å². The van der Waals surface area contributed by atoms with Gasteiger partial charge in [0.05, 0.1) is 17.5 Å². The summed E-state index contributed by atoms with van der Waals surface area (Å²) in [6.45, 7) is 0.639. The van der Waals surface area contributed by atoms with Gasteiger partial charge >= 0.3 is 0 Å². The average molecular weight is 477 g/mol. The van der Waals surface area contributed by atoms with Crippen LogP contribution in [0.1, 0.15) is 18.4 Å². The van der Waals surface area contributed by atoms with Crippen molar-refractivity contribution in [3.63, 3.8) is 0 Å². The van der Waals surface area contributed by atoms with Gasteiger partial charge in [0.1, 0.15) is 5.54 Å². The van der Waals surface area contributed by atoms with Gasteiger partial charge in [-0.15, -0.1) is 0 Å². The minimum atomic E-state index is -1.25. The van der Waals surface area contributed by atoms with Crippen molar-refractivity contribution in [1.29, 1.82) is 0 Å². The number of carbonyl (C=O) groups excluding carboxylic acids is 3. The molecule has 4 heterocycles. The fraction of sp³-hybridized carbons (Fsp3) is 0.318. The highest BCUT2D eigenvalue weighted by atomic mass is 35.5. The molecule has 4 aliphatic rings. The van der Waals surface area contributed by atoms with Gasteiger partial charge in [0.25, 0.3) is 0 Å². The summed E-state index contributed by atoms with van der Waals surface area (Å²) in [6.07, 6.45) is 1.60. The zero-order chi connectivity index (χ0) is 21.7. The number of nitrogens with one attached hydrogen (secondary N) is 1. The summed E-state index contributed by atoms with van der Waals surface area (Å²) in [7, 11) is 0. The Morgan fingerprint density at radius 2 is 1.68 bits per heavy atom. The molecular weight excluding hydrogens is 461 g/mol. The Morgan fingerprint density at radius 1 is 0.935 bits per heavy atom. The van der Waals surface area contributed by atoms with Crippen LogP contribution in [-0.4, -0.2) is 35.2 Å². The van der Waals surface area contributed by atoms with Crippen LogP contribution in [-0.2, 0) is 19.9 Å². The molecule has 2 aromatic rings. The molecule has 6 nitrogen and oxygen atoms in total. The number of amides is 3. The van der Waals surface area contributed by atoms with E-state index in [-0.39, 0.29) is 17.9 Å². The second-order valence-electron chi connectivity index (χ2n) is 8.46. The Hall–Kier alpha value is -2.12. The molecule has 3 saturated heterocycles. The third kappa shape index (κ3) is 2.36. The molecule has 0 aliphatic carbocycles. The molecule has 1 spiro atoms. The maximum absolute atomic E-state index is 13.8. The van der Waals surface area contributed by atoms with Crippen molar-refractivity contribution in [2.75, 3.05) is 16.8 Å². The zero-order valence-electron chi connectivity index (χ0n) is 16.1. The van der Waals surface area contributed by atoms with Crippen LogP contribution in [0.3, 0.4) is 0 Å². The van der Waals surface area contributed by atoms with Gasteiger partial charge in [-0.05, 0) is 55.8 Å². The number of halogens is 3. The molecule has 0 aromatic heterocycles. The number of hydrogen-bond donors (Lipinski definition) is 1. The number of hydrogen-bond acceptors (Lipinski definition) is 4. The molecule has 0 saturated carbocycles. The fourth-order valence-electron chi connectivity index (χ4n) is 6.10.